The second kappa shape index (κ2) is 10.7. The van der Waals surface area contributed by atoms with E-state index < -0.39 is 0 Å². The first-order valence-electron chi connectivity index (χ1n) is 9.00. The van der Waals surface area contributed by atoms with Crippen LogP contribution in [0.4, 0.5) is 5.69 Å². The van der Waals surface area contributed by atoms with Gasteiger partial charge in [0.25, 0.3) is 5.56 Å². The van der Waals surface area contributed by atoms with Crippen molar-refractivity contribution >= 4 is 35.1 Å². The molecule has 2 aromatic carbocycles. The fraction of sp³-hybridized carbons (Fsp3) is 0.190. The quantitative estimate of drug-likeness (QED) is 0.384. The Morgan fingerprint density at radius 2 is 1.80 bits per heavy atom. The van der Waals surface area contributed by atoms with Crippen LogP contribution in [0, 0.1) is 0 Å². The molecular weight excluding hydrogens is 422 g/mol. The van der Waals surface area contributed by atoms with E-state index in [1.165, 1.54) is 24.9 Å². The lowest BCUT2D eigenvalue weighted by atomic mass is 10.2. The first-order chi connectivity index (χ1) is 14.6. The number of anilines is 1. The van der Waals surface area contributed by atoms with Crippen LogP contribution in [0.15, 0.2) is 69.4 Å². The van der Waals surface area contributed by atoms with Crippen LogP contribution in [0.3, 0.4) is 0 Å². The Bertz CT molecular complexity index is 1060. The van der Waals surface area contributed by atoms with Crippen LogP contribution in [0.5, 0.6) is 11.5 Å². The minimum Gasteiger partial charge on any atom is -0.493 e. The average Bonchev–Trinajstić information content (AvgIpc) is 2.76. The number of nitrogens with one attached hydrogen (secondary N) is 2. The number of carbonyl (C=O) groups is 1. The molecule has 0 bridgehead atoms. The number of H-pyrrole nitrogens is 1. The zero-order chi connectivity index (χ0) is 21.3. The molecular formula is C21H21N3O4S2. The van der Waals surface area contributed by atoms with Crippen molar-refractivity contribution in [3.05, 3.63) is 70.6 Å². The third-order valence-corrected chi connectivity index (χ3v) is 5.83. The Labute approximate surface area is 182 Å². The van der Waals surface area contributed by atoms with Gasteiger partial charge in [0.2, 0.25) is 5.91 Å². The molecule has 0 unspecified atom stereocenters. The van der Waals surface area contributed by atoms with Gasteiger partial charge in [0.05, 0.1) is 25.7 Å². The van der Waals surface area contributed by atoms with E-state index in [1.54, 1.807) is 37.1 Å². The summed E-state index contributed by atoms with van der Waals surface area (Å²) in [5.74, 6) is 1.56. The van der Waals surface area contributed by atoms with Gasteiger partial charge in [-0.3, -0.25) is 9.59 Å². The maximum absolute atomic E-state index is 12.3. The average molecular weight is 444 g/mol. The number of amides is 1. The van der Waals surface area contributed by atoms with Gasteiger partial charge >= 0.3 is 0 Å². The van der Waals surface area contributed by atoms with Gasteiger partial charge < -0.3 is 19.8 Å². The van der Waals surface area contributed by atoms with E-state index in [4.69, 9.17) is 9.47 Å². The predicted molar refractivity (Wildman–Crippen MR) is 120 cm³/mol. The number of nitrogens with zero attached hydrogens (tertiary/aromatic N) is 1. The Balaban J connectivity index is 1.58. The fourth-order valence-corrected chi connectivity index (χ4v) is 4.05. The van der Waals surface area contributed by atoms with E-state index in [-0.39, 0.29) is 17.2 Å². The van der Waals surface area contributed by atoms with Gasteiger partial charge in [0, 0.05) is 28.5 Å². The summed E-state index contributed by atoms with van der Waals surface area (Å²) >= 11 is 2.77. The smallest absolute Gasteiger partial charge is 0.251 e. The summed E-state index contributed by atoms with van der Waals surface area (Å²) in [6.07, 6.45) is 0. The van der Waals surface area contributed by atoms with Gasteiger partial charge in [-0.2, -0.15) is 0 Å². The van der Waals surface area contributed by atoms with Gasteiger partial charge in [-0.1, -0.05) is 30.0 Å². The van der Waals surface area contributed by atoms with Gasteiger partial charge in [0.15, 0.2) is 16.7 Å². The van der Waals surface area contributed by atoms with Crippen LogP contribution in [-0.2, 0) is 10.5 Å². The van der Waals surface area contributed by atoms with E-state index >= 15 is 0 Å². The maximum Gasteiger partial charge on any atom is 0.251 e. The molecule has 0 aliphatic rings. The van der Waals surface area contributed by atoms with E-state index in [0.29, 0.717) is 33.8 Å². The summed E-state index contributed by atoms with van der Waals surface area (Å²) in [4.78, 5) is 32.5. The van der Waals surface area contributed by atoms with Crippen molar-refractivity contribution in [2.24, 2.45) is 0 Å². The molecule has 7 nitrogen and oxygen atoms in total. The Morgan fingerprint density at radius 1 is 1.03 bits per heavy atom. The second-order valence-corrected chi connectivity index (χ2v) is 8.06. The molecule has 1 heterocycles. The van der Waals surface area contributed by atoms with Crippen molar-refractivity contribution in [3.63, 3.8) is 0 Å². The SMILES string of the molecule is COc1ccc(NC(=O)CSc2nc(CSc3ccccc3)cc(=O)[nH]2)cc1OC. The Morgan fingerprint density at radius 3 is 2.53 bits per heavy atom. The molecule has 3 rings (SSSR count). The lowest BCUT2D eigenvalue weighted by Crippen LogP contribution is -2.16. The first-order valence-corrected chi connectivity index (χ1v) is 11.0. The predicted octanol–water partition coefficient (Wildman–Crippen LogP) is 3.81. The molecule has 0 radical (unpaired) electrons. The van der Waals surface area contributed by atoms with Crippen molar-refractivity contribution in [2.45, 2.75) is 15.8 Å². The third-order valence-electron chi connectivity index (χ3n) is 3.91. The van der Waals surface area contributed by atoms with Crippen molar-refractivity contribution < 1.29 is 14.3 Å². The van der Waals surface area contributed by atoms with Gasteiger partial charge in [-0.15, -0.1) is 11.8 Å². The van der Waals surface area contributed by atoms with Crippen LogP contribution in [-0.4, -0.2) is 35.8 Å². The number of benzene rings is 2. The van der Waals surface area contributed by atoms with Crippen molar-refractivity contribution in [3.8, 4) is 11.5 Å². The summed E-state index contributed by atoms with van der Waals surface area (Å²) in [5.41, 5.74) is 1.01. The number of hydrogen-bond acceptors (Lipinski definition) is 7. The largest absolute Gasteiger partial charge is 0.493 e. The fourth-order valence-electron chi connectivity index (χ4n) is 2.54. The highest BCUT2D eigenvalue weighted by Crippen LogP contribution is 2.30. The molecule has 1 amide bonds. The van der Waals surface area contributed by atoms with E-state index in [0.717, 1.165) is 4.90 Å². The Kier molecular flexibility index (Phi) is 7.81. The van der Waals surface area contributed by atoms with E-state index in [2.05, 4.69) is 15.3 Å². The van der Waals surface area contributed by atoms with Crippen molar-refractivity contribution in [2.75, 3.05) is 25.3 Å². The topological polar surface area (TPSA) is 93.3 Å². The molecule has 9 heteroatoms. The molecule has 0 spiro atoms. The first kappa shape index (κ1) is 21.8. The maximum atomic E-state index is 12.3. The zero-order valence-electron chi connectivity index (χ0n) is 16.5. The number of aromatic nitrogens is 2. The minimum absolute atomic E-state index is 0.104. The molecule has 0 aliphatic carbocycles. The monoisotopic (exact) mass is 443 g/mol. The Hall–Kier alpha value is -2.91. The second-order valence-electron chi connectivity index (χ2n) is 6.05. The molecule has 30 heavy (non-hydrogen) atoms. The highest BCUT2D eigenvalue weighted by Gasteiger charge is 2.10. The molecule has 2 N–H and O–H groups in total. The summed E-state index contributed by atoms with van der Waals surface area (Å²) in [5, 5.41) is 3.21. The van der Waals surface area contributed by atoms with Crippen molar-refractivity contribution in [1.82, 2.24) is 9.97 Å². The molecule has 0 saturated heterocycles. The summed E-state index contributed by atoms with van der Waals surface area (Å²) in [7, 11) is 3.08. The van der Waals surface area contributed by atoms with Crippen LogP contribution < -0.4 is 20.3 Å². The number of rotatable bonds is 9. The highest BCUT2D eigenvalue weighted by molar-refractivity contribution is 7.99. The molecule has 3 aromatic rings. The van der Waals surface area contributed by atoms with Gasteiger partial charge in [-0.25, -0.2) is 4.98 Å². The molecule has 1 aromatic heterocycles. The number of carbonyl (C=O) groups excluding carboxylic acids is 1. The van der Waals surface area contributed by atoms with Crippen LogP contribution in [0.1, 0.15) is 5.69 Å². The number of methoxy groups -OCH3 is 2. The number of thioether (sulfide) groups is 2. The zero-order valence-corrected chi connectivity index (χ0v) is 18.1. The summed E-state index contributed by atoms with van der Waals surface area (Å²) in [6, 6.07) is 16.5. The number of hydrogen-bond donors (Lipinski definition) is 2. The number of aromatic amines is 1. The summed E-state index contributed by atoms with van der Waals surface area (Å²) in [6.45, 7) is 0. The van der Waals surface area contributed by atoms with Crippen LogP contribution in [0.25, 0.3) is 0 Å². The lowest BCUT2D eigenvalue weighted by molar-refractivity contribution is -0.113. The molecule has 0 aliphatic heterocycles. The molecule has 156 valence electrons. The normalized spacial score (nSPS) is 10.5. The molecule has 0 atom stereocenters. The van der Waals surface area contributed by atoms with Crippen LogP contribution in [0.2, 0.25) is 0 Å². The van der Waals surface area contributed by atoms with Crippen LogP contribution >= 0.6 is 23.5 Å². The number of ether oxygens (including phenoxy) is 2. The summed E-state index contributed by atoms with van der Waals surface area (Å²) < 4.78 is 10.4. The van der Waals surface area contributed by atoms with Crippen molar-refractivity contribution in [1.29, 1.82) is 0 Å². The van der Waals surface area contributed by atoms with Gasteiger partial charge in [0.1, 0.15) is 0 Å². The standard InChI is InChI=1S/C21H21N3O4S2/c1-27-17-9-8-14(10-18(17)28-2)22-20(26)13-30-21-23-15(11-19(25)24-21)12-29-16-6-4-3-5-7-16/h3-11H,12-13H2,1-2H3,(H,22,26)(H,23,24,25). The van der Waals surface area contributed by atoms with Gasteiger partial charge in [-0.05, 0) is 24.3 Å². The molecule has 0 fully saturated rings. The van der Waals surface area contributed by atoms with E-state index in [9.17, 15) is 9.59 Å². The van der Waals surface area contributed by atoms with E-state index in [1.807, 2.05) is 30.3 Å². The minimum atomic E-state index is -0.239. The molecule has 0 saturated carbocycles. The lowest BCUT2D eigenvalue weighted by Gasteiger charge is -2.10. The highest BCUT2D eigenvalue weighted by atomic mass is 32.2. The third kappa shape index (κ3) is 6.30.